The summed E-state index contributed by atoms with van der Waals surface area (Å²) >= 11 is 0. The van der Waals surface area contributed by atoms with Crippen molar-refractivity contribution < 1.29 is 18.7 Å². The first kappa shape index (κ1) is 15.8. The van der Waals surface area contributed by atoms with Gasteiger partial charge in [-0.05, 0) is 57.1 Å². The van der Waals surface area contributed by atoms with Crippen LogP contribution < -0.4 is 0 Å². The van der Waals surface area contributed by atoms with Crippen LogP contribution in [0.25, 0.3) is 0 Å². The zero-order valence-electron chi connectivity index (χ0n) is 14.0. The van der Waals surface area contributed by atoms with Gasteiger partial charge in [0.1, 0.15) is 11.4 Å². The van der Waals surface area contributed by atoms with Gasteiger partial charge in [-0.1, -0.05) is 18.7 Å². The molecule has 0 aromatic heterocycles. The van der Waals surface area contributed by atoms with Gasteiger partial charge in [0.2, 0.25) is 0 Å². The lowest BCUT2D eigenvalue weighted by Gasteiger charge is -2.45. The quantitative estimate of drug-likeness (QED) is 0.620. The fourth-order valence-electron chi connectivity index (χ4n) is 4.82. The average Bonchev–Trinajstić information content (AvgIpc) is 3.19. The third kappa shape index (κ3) is 2.31. The van der Waals surface area contributed by atoms with Crippen molar-refractivity contribution in [2.45, 2.75) is 63.3 Å². The minimum absolute atomic E-state index is 0.0976. The molecule has 1 aliphatic carbocycles. The highest BCUT2D eigenvalue weighted by Gasteiger charge is 2.56. The summed E-state index contributed by atoms with van der Waals surface area (Å²) in [6, 6.07) is 5.14. The van der Waals surface area contributed by atoms with Crippen LogP contribution in [-0.4, -0.2) is 18.2 Å². The van der Waals surface area contributed by atoms with Gasteiger partial charge in [0.25, 0.3) is 0 Å². The number of carbonyl (C=O) groups is 1. The van der Waals surface area contributed by atoms with E-state index in [4.69, 9.17) is 9.47 Å². The lowest BCUT2D eigenvalue weighted by molar-refractivity contribution is -0.169. The van der Waals surface area contributed by atoms with Crippen LogP contribution in [0.1, 0.15) is 50.2 Å². The SMILES string of the molecule is C=C(C)C(=O)OC1(C2CC3CCC2O3)CCCc2c(F)cccc21. The van der Waals surface area contributed by atoms with Crippen LogP contribution in [0.2, 0.25) is 0 Å². The molecule has 128 valence electrons. The molecule has 1 aromatic carbocycles. The second-order valence-corrected chi connectivity index (χ2v) is 7.39. The molecule has 1 aromatic rings. The van der Waals surface area contributed by atoms with E-state index in [1.807, 2.05) is 6.07 Å². The Balaban J connectivity index is 1.82. The number of benzene rings is 1. The van der Waals surface area contributed by atoms with Crippen LogP contribution in [0.15, 0.2) is 30.4 Å². The third-order valence-electron chi connectivity index (χ3n) is 5.88. The Morgan fingerprint density at radius 2 is 2.25 bits per heavy atom. The van der Waals surface area contributed by atoms with Crippen LogP contribution in [0, 0.1) is 11.7 Å². The van der Waals surface area contributed by atoms with Crippen molar-refractivity contribution in [2.24, 2.45) is 5.92 Å². The Morgan fingerprint density at radius 3 is 2.92 bits per heavy atom. The molecule has 0 radical (unpaired) electrons. The molecule has 0 saturated carbocycles. The molecule has 0 N–H and O–H groups in total. The van der Waals surface area contributed by atoms with E-state index in [1.54, 1.807) is 13.0 Å². The fraction of sp³-hybridized carbons (Fsp3) is 0.550. The van der Waals surface area contributed by atoms with E-state index in [1.165, 1.54) is 6.07 Å². The summed E-state index contributed by atoms with van der Waals surface area (Å²) in [7, 11) is 0. The summed E-state index contributed by atoms with van der Waals surface area (Å²) in [5, 5.41) is 0. The first-order valence-electron chi connectivity index (χ1n) is 8.83. The van der Waals surface area contributed by atoms with Gasteiger partial charge in [0.05, 0.1) is 12.2 Å². The van der Waals surface area contributed by atoms with E-state index in [2.05, 4.69) is 6.58 Å². The number of ether oxygens (including phenoxy) is 2. The van der Waals surface area contributed by atoms with Crippen molar-refractivity contribution in [3.8, 4) is 0 Å². The van der Waals surface area contributed by atoms with Crippen molar-refractivity contribution in [3.63, 3.8) is 0 Å². The zero-order chi connectivity index (χ0) is 16.9. The Hall–Kier alpha value is -1.68. The molecule has 4 heteroatoms. The summed E-state index contributed by atoms with van der Waals surface area (Å²) in [4.78, 5) is 12.4. The molecule has 4 unspecified atom stereocenters. The van der Waals surface area contributed by atoms with Gasteiger partial charge >= 0.3 is 5.97 Å². The second-order valence-electron chi connectivity index (χ2n) is 7.39. The second kappa shape index (κ2) is 5.69. The van der Waals surface area contributed by atoms with Gasteiger partial charge in [0.15, 0.2) is 0 Å². The van der Waals surface area contributed by atoms with Crippen molar-refractivity contribution in [3.05, 3.63) is 47.3 Å². The molecular weight excluding hydrogens is 307 g/mol. The number of halogens is 1. The predicted molar refractivity (Wildman–Crippen MR) is 87.9 cm³/mol. The maximum Gasteiger partial charge on any atom is 0.334 e. The summed E-state index contributed by atoms with van der Waals surface area (Å²) in [5.41, 5.74) is 1.12. The highest BCUT2D eigenvalue weighted by molar-refractivity contribution is 5.87. The third-order valence-corrected chi connectivity index (χ3v) is 5.88. The van der Waals surface area contributed by atoms with Gasteiger partial charge in [-0.3, -0.25) is 0 Å². The maximum atomic E-state index is 14.4. The predicted octanol–water partition coefficient (Wildman–Crippen LogP) is 4.04. The summed E-state index contributed by atoms with van der Waals surface area (Å²) in [6.45, 7) is 5.38. The largest absolute Gasteiger partial charge is 0.450 e. The van der Waals surface area contributed by atoms with Crippen LogP contribution in [0.4, 0.5) is 4.39 Å². The number of esters is 1. The van der Waals surface area contributed by atoms with E-state index in [-0.39, 0.29) is 23.9 Å². The van der Waals surface area contributed by atoms with E-state index in [0.717, 1.165) is 37.7 Å². The van der Waals surface area contributed by atoms with Crippen molar-refractivity contribution >= 4 is 5.97 Å². The first-order chi connectivity index (χ1) is 11.5. The molecule has 4 atom stereocenters. The standard InChI is InChI=1S/C20H23FO3/c1-12(2)19(22)24-20(16-11-13-8-9-18(16)23-13)10-4-5-14-15(20)6-3-7-17(14)21/h3,6-7,13,16,18H,1,4-5,8-11H2,2H3. The van der Waals surface area contributed by atoms with E-state index >= 15 is 0 Å². The molecule has 0 amide bonds. The Kier molecular flexibility index (Phi) is 3.75. The molecule has 2 aliphatic heterocycles. The van der Waals surface area contributed by atoms with E-state index in [9.17, 15) is 9.18 Å². The topological polar surface area (TPSA) is 35.5 Å². The molecule has 0 spiro atoms. The van der Waals surface area contributed by atoms with Crippen LogP contribution >= 0.6 is 0 Å². The maximum absolute atomic E-state index is 14.4. The van der Waals surface area contributed by atoms with E-state index < -0.39 is 11.6 Å². The van der Waals surface area contributed by atoms with Crippen molar-refractivity contribution in [1.82, 2.24) is 0 Å². The molecule has 2 bridgehead atoms. The normalized spacial score (nSPS) is 34.0. The van der Waals surface area contributed by atoms with E-state index in [0.29, 0.717) is 17.6 Å². The highest BCUT2D eigenvalue weighted by Crippen LogP contribution is 2.54. The van der Waals surface area contributed by atoms with Crippen molar-refractivity contribution in [2.75, 3.05) is 0 Å². The monoisotopic (exact) mass is 330 g/mol. The van der Waals surface area contributed by atoms with Crippen LogP contribution in [0.3, 0.4) is 0 Å². The molecule has 3 aliphatic rings. The molecular formula is C20H23FO3. The number of fused-ring (bicyclic) bond motifs is 3. The molecule has 2 fully saturated rings. The van der Waals surface area contributed by atoms with Gasteiger partial charge < -0.3 is 9.47 Å². The van der Waals surface area contributed by atoms with Gasteiger partial charge in [-0.25, -0.2) is 9.18 Å². The summed E-state index contributed by atoms with van der Waals surface area (Å²) < 4.78 is 26.5. The Labute approximate surface area is 141 Å². The van der Waals surface area contributed by atoms with Crippen LogP contribution in [0.5, 0.6) is 0 Å². The lowest BCUT2D eigenvalue weighted by atomic mass is 9.66. The highest BCUT2D eigenvalue weighted by atomic mass is 19.1. The Bertz CT molecular complexity index is 698. The fourth-order valence-corrected chi connectivity index (χ4v) is 4.82. The minimum atomic E-state index is -0.786. The van der Waals surface area contributed by atoms with Crippen molar-refractivity contribution in [1.29, 1.82) is 0 Å². The van der Waals surface area contributed by atoms with Crippen LogP contribution in [-0.2, 0) is 26.3 Å². The lowest BCUT2D eigenvalue weighted by Crippen LogP contribution is -2.47. The number of rotatable bonds is 3. The zero-order valence-corrected chi connectivity index (χ0v) is 14.0. The van der Waals surface area contributed by atoms with Gasteiger partial charge in [-0.15, -0.1) is 0 Å². The summed E-state index contributed by atoms with van der Waals surface area (Å²) in [5.74, 6) is -0.498. The molecule has 2 heterocycles. The van der Waals surface area contributed by atoms with Gasteiger partial charge in [-0.2, -0.15) is 0 Å². The smallest absolute Gasteiger partial charge is 0.334 e. The number of hydrogen-bond acceptors (Lipinski definition) is 3. The summed E-state index contributed by atoms with van der Waals surface area (Å²) in [6.07, 6.45) is 5.51. The van der Waals surface area contributed by atoms with Gasteiger partial charge in [0, 0.05) is 17.1 Å². The average molecular weight is 330 g/mol. The molecule has 2 saturated heterocycles. The first-order valence-corrected chi connectivity index (χ1v) is 8.83. The minimum Gasteiger partial charge on any atom is -0.450 e. The molecule has 3 nitrogen and oxygen atoms in total. The number of carbonyl (C=O) groups excluding carboxylic acids is 1. The molecule has 4 rings (SSSR count). The number of hydrogen-bond donors (Lipinski definition) is 0. The Morgan fingerprint density at radius 1 is 1.42 bits per heavy atom. The molecule has 24 heavy (non-hydrogen) atoms.